The molecule has 1 atom stereocenters. The lowest BCUT2D eigenvalue weighted by Crippen LogP contribution is -2.30. The molecule has 2 N–H and O–H groups in total. The van der Waals surface area contributed by atoms with Crippen LogP contribution >= 0.6 is 0 Å². The van der Waals surface area contributed by atoms with Gasteiger partial charge in [-0.3, -0.25) is 0 Å². The van der Waals surface area contributed by atoms with Gasteiger partial charge in [-0.15, -0.1) is 0 Å². The van der Waals surface area contributed by atoms with E-state index in [0.29, 0.717) is 0 Å². The van der Waals surface area contributed by atoms with Crippen LogP contribution in [-0.2, 0) is 6.42 Å². The van der Waals surface area contributed by atoms with Gasteiger partial charge in [0.05, 0.1) is 20.3 Å². The largest absolute Gasteiger partial charge is 0.497 e. The first-order chi connectivity index (χ1) is 11.3. The van der Waals surface area contributed by atoms with Gasteiger partial charge in [0, 0.05) is 34.8 Å². The Morgan fingerprint density at radius 3 is 2.74 bits per heavy atom. The Morgan fingerprint density at radius 1 is 1.04 bits per heavy atom. The van der Waals surface area contributed by atoms with E-state index in [0.717, 1.165) is 30.0 Å². The van der Waals surface area contributed by atoms with Crippen LogP contribution in [0, 0.1) is 0 Å². The Morgan fingerprint density at radius 2 is 1.91 bits per heavy atom. The molecular weight excluding hydrogens is 288 g/mol. The molecule has 4 nitrogen and oxygen atoms in total. The summed E-state index contributed by atoms with van der Waals surface area (Å²) in [6, 6.07) is 14.6. The maximum absolute atomic E-state index is 5.60. The van der Waals surface area contributed by atoms with E-state index >= 15 is 0 Å². The van der Waals surface area contributed by atoms with Crippen molar-refractivity contribution in [1.82, 2.24) is 10.3 Å². The van der Waals surface area contributed by atoms with E-state index in [1.54, 1.807) is 14.2 Å². The molecule has 4 rings (SSSR count). The minimum absolute atomic E-state index is 0.104. The fourth-order valence-electron chi connectivity index (χ4n) is 3.50. The Kier molecular flexibility index (Phi) is 3.46. The van der Waals surface area contributed by atoms with Gasteiger partial charge >= 0.3 is 0 Å². The van der Waals surface area contributed by atoms with Gasteiger partial charge in [-0.25, -0.2) is 0 Å². The third-order valence-electron chi connectivity index (χ3n) is 4.61. The van der Waals surface area contributed by atoms with Gasteiger partial charge < -0.3 is 19.8 Å². The van der Waals surface area contributed by atoms with Crippen molar-refractivity contribution in [3.63, 3.8) is 0 Å². The maximum Gasteiger partial charge on any atom is 0.127 e. The molecule has 2 heterocycles. The van der Waals surface area contributed by atoms with Gasteiger partial charge in [-0.1, -0.05) is 18.2 Å². The molecule has 1 aromatic heterocycles. The molecule has 2 aromatic carbocycles. The van der Waals surface area contributed by atoms with E-state index in [1.807, 2.05) is 12.1 Å². The zero-order valence-corrected chi connectivity index (χ0v) is 13.3. The lowest BCUT2D eigenvalue weighted by atomic mass is 9.93. The minimum atomic E-state index is 0.104. The minimum Gasteiger partial charge on any atom is -0.497 e. The number of fused-ring (bicyclic) bond motifs is 3. The predicted octanol–water partition coefficient (Wildman–Crippen LogP) is 3.42. The number of rotatable bonds is 3. The first-order valence-electron chi connectivity index (χ1n) is 7.86. The van der Waals surface area contributed by atoms with E-state index in [2.05, 4.69) is 40.6 Å². The third kappa shape index (κ3) is 2.26. The van der Waals surface area contributed by atoms with Crippen LogP contribution < -0.4 is 14.8 Å². The number of nitrogens with one attached hydrogen (secondary N) is 2. The average molecular weight is 308 g/mol. The van der Waals surface area contributed by atoms with Crippen LogP contribution in [0.5, 0.6) is 11.5 Å². The van der Waals surface area contributed by atoms with Crippen molar-refractivity contribution in [3.05, 3.63) is 59.3 Å². The van der Waals surface area contributed by atoms with Crippen LogP contribution in [-0.4, -0.2) is 25.7 Å². The number of hydrogen-bond acceptors (Lipinski definition) is 3. The number of hydrogen-bond donors (Lipinski definition) is 2. The first-order valence-corrected chi connectivity index (χ1v) is 7.86. The molecule has 23 heavy (non-hydrogen) atoms. The molecule has 1 aliphatic heterocycles. The molecule has 0 amide bonds. The van der Waals surface area contributed by atoms with Crippen LogP contribution in [0.1, 0.15) is 22.9 Å². The predicted molar refractivity (Wildman–Crippen MR) is 91.4 cm³/mol. The third-order valence-corrected chi connectivity index (χ3v) is 4.61. The Hall–Kier alpha value is -2.46. The average Bonchev–Trinajstić information content (AvgIpc) is 3.00. The van der Waals surface area contributed by atoms with Crippen molar-refractivity contribution in [1.29, 1.82) is 0 Å². The first kappa shape index (κ1) is 14.2. The standard InChI is InChI=1S/C19H20N2O2/c1-22-12-7-8-15(17(11-12)23-2)18-19-14(9-10-20-18)13-5-3-4-6-16(13)21-19/h3-8,11,18,20-21H,9-10H2,1-2H3/t18-/m1/s1. The van der Waals surface area contributed by atoms with E-state index in [1.165, 1.54) is 22.2 Å². The second kappa shape index (κ2) is 5.63. The number of ether oxygens (including phenoxy) is 2. The van der Waals surface area contributed by atoms with E-state index in [-0.39, 0.29) is 6.04 Å². The fourth-order valence-corrected chi connectivity index (χ4v) is 3.50. The van der Waals surface area contributed by atoms with Crippen molar-refractivity contribution < 1.29 is 9.47 Å². The summed E-state index contributed by atoms with van der Waals surface area (Å²) in [4.78, 5) is 3.60. The molecule has 0 radical (unpaired) electrons. The molecule has 4 heteroatoms. The lowest BCUT2D eigenvalue weighted by Gasteiger charge is -2.26. The summed E-state index contributed by atoms with van der Waals surface area (Å²) >= 11 is 0. The number of methoxy groups -OCH3 is 2. The molecule has 0 spiro atoms. The molecule has 0 unspecified atom stereocenters. The van der Waals surface area contributed by atoms with Crippen LogP contribution in [0.3, 0.4) is 0 Å². The smallest absolute Gasteiger partial charge is 0.127 e. The second-order valence-corrected chi connectivity index (χ2v) is 5.81. The molecule has 1 aliphatic rings. The summed E-state index contributed by atoms with van der Waals surface area (Å²) in [5, 5.41) is 4.93. The van der Waals surface area contributed by atoms with Crippen LogP contribution in [0.4, 0.5) is 0 Å². The summed E-state index contributed by atoms with van der Waals surface area (Å²) < 4.78 is 10.9. The Labute approximate surface area is 135 Å². The highest BCUT2D eigenvalue weighted by atomic mass is 16.5. The molecule has 0 aliphatic carbocycles. The van der Waals surface area contributed by atoms with Crippen molar-refractivity contribution in [2.45, 2.75) is 12.5 Å². The lowest BCUT2D eigenvalue weighted by molar-refractivity contribution is 0.386. The highest BCUT2D eigenvalue weighted by molar-refractivity contribution is 5.85. The highest BCUT2D eigenvalue weighted by Crippen LogP contribution is 2.38. The van der Waals surface area contributed by atoms with Gasteiger partial charge in [-0.05, 0) is 30.2 Å². The maximum atomic E-state index is 5.60. The quantitative estimate of drug-likeness (QED) is 0.779. The van der Waals surface area contributed by atoms with E-state index in [9.17, 15) is 0 Å². The summed E-state index contributed by atoms with van der Waals surface area (Å²) in [5.41, 5.74) is 4.96. The molecule has 0 saturated heterocycles. The molecule has 3 aromatic rings. The number of H-pyrrole nitrogens is 1. The topological polar surface area (TPSA) is 46.3 Å². The van der Waals surface area contributed by atoms with Crippen molar-refractivity contribution >= 4 is 10.9 Å². The normalized spacial score (nSPS) is 17.0. The SMILES string of the molecule is COc1ccc([C@H]2NCCc3c2[nH]c2ccccc32)c(OC)c1. The zero-order valence-electron chi connectivity index (χ0n) is 13.3. The molecule has 118 valence electrons. The summed E-state index contributed by atoms with van der Waals surface area (Å²) in [7, 11) is 3.37. The van der Waals surface area contributed by atoms with Crippen molar-refractivity contribution in [2.24, 2.45) is 0 Å². The summed E-state index contributed by atoms with van der Waals surface area (Å²) in [5.74, 6) is 1.65. The second-order valence-electron chi connectivity index (χ2n) is 5.81. The number of aromatic amines is 1. The summed E-state index contributed by atoms with van der Waals surface area (Å²) in [6.07, 6.45) is 1.04. The van der Waals surface area contributed by atoms with E-state index in [4.69, 9.17) is 9.47 Å². The van der Waals surface area contributed by atoms with Gasteiger partial charge in [-0.2, -0.15) is 0 Å². The van der Waals surface area contributed by atoms with Crippen LogP contribution in [0.15, 0.2) is 42.5 Å². The Balaban J connectivity index is 1.86. The fraction of sp³-hybridized carbons (Fsp3) is 0.263. The number of para-hydroxylation sites is 1. The van der Waals surface area contributed by atoms with Gasteiger partial charge in [0.1, 0.15) is 11.5 Å². The highest BCUT2D eigenvalue weighted by Gasteiger charge is 2.27. The monoisotopic (exact) mass is 308 g/mol. The van der Waals surface area contributed by atoms with Gasteiger partial charge in [0.15, 0.2) is 0 Å². The molecule has 0 saturated carbocycles. The number of benzene rings is 2. The van der Waals surface area contributed by atoms with E-state index < -0.39 is 0 Å². The van der Waals surface area contributed by atoms with Crippen molar-refractivity contribution in [2.75, 3.05) is 20.8 Å². The van der Waals surface area contributed by atoms with Crippen LogP contribution in [0.2, 0.25) is 0 Å². The zero-order chi connectivity index (χ0) is 15.8. The molecular formula is C19H20N2O2. The Bertz CT molecular complexity index is 854. The van der Waals surface area contributed by atoms with Crippen molar-refractivity contribution in [3.8, 4) is 11.5 Å². The van der Waals surface area contributed by atoms with Gasteiger partial charge in [0.25, 0.3) is 0 Å². The van der Waals surface area contributed by atoms with Gasteiger partial charge in [0.2, 0.25) is 0 Å². The summed E-state index contributed by atoms with van der Waals surface area (Å²) in [6.45, 7) is 0.953. The molecule has 0 fully saturated rings. The van der Waals surface area contributed by atoms with Crippen LogP contribution in [0.25, 0.3) is 10.9 Å². The number of aromatic nitrogens is 1. The molecule has 0 bridgehead atoms.